The van der Waals surface area contributed by atoms with E-state index in [1.807, 2.05) is 48.5 Å². The molecule has 0 saturated carbocycles. The van der Waals surface area contributed by atoms with E-state index in [-0.39, 0.29) is 5.91 Å². The first-order valence-corrected chi connectivity index (χ1v) is 9.79. The van der Waals surface area contributed by atoms with Gasteiger partial charge in [-0.1, -0.05) is 37.6 Å². The second-order valence-electron chi connectivity index (χ2n) is 6.80. The normalized spacial score (nSPS) is 10.6. The Bertz CT molecular complexity index is 966. The summed E-state index contributed by atoms with van der Waals surface area (Å²) in [5.74, 6) is 1.31. The monoisotopic (exact) mass is 393 g/mol. The van der Waals surface area contributed by atoms with Crippen molar-refractivity contribution in [3.63, 3.8) is 0 Å². The Balaban J connectivity index is 1.73. The molecule has 0 radical (unpaired) electrons. The Kier molecular flexibility index (Phi) is 6.89. The van der Waals surface area contributed by atoms with Crippen LogP contribution in [0.3, 0.4) is 0 Å². The molecular formula is C23H27N3O3. The smallest absolute Gasteiger partial charge is 0.255 e. The summed E-state index contributed by atoms with van der Waals surface area (Å²) in [6.45, 7) is 3.24. The van der Waals surface area contributed by atoms with Crippen LogP contribution in [0.4, 0.5) is 0 Å². The Morgan fingerprint density at radius 2 is 2.00 bits per heavy atom. The largest absolute Gasteiger partial charge is 0.496 e. The van der Waals surface area contributed by atoms with Crippen molar-refractivity contribution >= 4 is 5.91 Å². The van der Waals surface area contributed by atoms with E-state index in [4.69, 9.17) is 9.47 Å². The van der Waals surface area contributed by atoms with Crippen LogP contribution in [0.15, 0.2) is 54.7 Å². The summed E-state index contributed by atoms with van der Waals surface area (Å²) in [5.41, 5.74) is 2.87. The predicted octanol–water partition coefficient (Wildman–Crippen LogP) is 4.20. The number of rotatable bonds is 9. The molecular weight excluding hydrogens is 366 g/mol. The predicted molar refractivity (Wildman–Crippen MR) is 113 cm³/mol. The molecule has 1 heterocycles. The first kappa shape index (κ1) is 20.5. The zero-order valence-electron chi connectivity index (χ0n) is 17.1. The van der Waals surface area contributed by atoms with Crippen LogP contribution >= 0.6 is 0 Å². The zero-order valence-corrected chi connectivity index (χ0v) is 17.1. The SMILES string of the molecule is CCCCOc1cccc(CNC(=O)c2cn(C)nc2-c2ccccc2OC)c1. The maximum atomic E-state index is 12.9. The van der Waals surface area contributed by atoms with Crippen molar-refractivity contribution in [3.05, 3.63) is 65.9 Å². The molecule has 6 nitrogen and oxygen atoms in total. The van der Waals surface area contributed by atoms with Crippen LogP contribution < -0.4 is 14.8 Å². The fourth-order valence-corrected chi connectivity index (χ4v) is 3.05. The molecule has 0 aliphatic heterocycles. The van der Waals surface area contributed by atoms with Crippen molar-refractivity contribution in [2.75, 3.05) is 13.7 Å². The number of hydrogen-bond donors (Lipinski definition) is 1. The summed E-state index contributed by atoms with van der Waals surface area (Å²) in [6.07, 6.45) is 3.84. The van der Waals surface area contributed by atoms with Crippen LogP contribution in [0.25, 0.3) is 11.3 Å². The summed E-state index contributed by atoms with van der Waals surface area (Å²) in [5, 5.41) is 7.46. The number of unbranched alkanes of at least 4 members (excludes halogenated alkanes) is 1. The number of carbonyl (C=O) groups excluding carboxylic acids is 1. The van der Waals surface area contributed by atoms with E-state index < -0.39 is 0 Å². The first-order valence-electron chi connectivity index (χ1n) is 9.79. The Hall–Kier alpha value is -3.28. The van der Waals surface area contributed by atoms with Gasteiger partial charge in [0.05, 0.1) is 19.3 Å². The van der Waals surface area contributed by atoms with Gasteiger partial charge in [-0.3, -0.25) is 9.48 Å². The van der Waals surface area contributed by atoms with Crippen LogP contribution in [-0.2, 0) is 13.6 Å². The molecule has 0 saturated heterocycles. The zero-order chi connectivity index (χ0) is 20.6. The van der Waals surface area contributed by atoms with Gasteiger partial charge in [0.15, 0.2) is 0 Å². The van der Waals surface area contributed by atoms with Crippen LogP contribution in [0, 0.1) is 0 Å². The maximum absolute atomic E-state index is 12.9. The number of aryl methyl sites for hydroxylation is 1. The van der Waals surface area contributed by atoms with Crippen molar-refractivity contribution in [1.29, 1.82) is 0 Å². The molecule has 3 rings (SSSR count). The molecule has 29 heavy (non-hydrogen) atoms. The van der Waals surface area contributed by atoms with Gasteiger partial charge in [0, 0.05) is 25.4 Å². The quantitative estimate of drug-likeness (QED) is 0.553. The lowest BCUT2D eigenvalue weighted by atomic mass is 10.1. The van der Waals surface area contributed by atoms with Crippen LogP contribution in [0.2, 0.25) is 0 Å². The highest BCUT2D eigenvalue weighted by Crippen LogP contribution is 2.30. The number of benzene rings is 2. The third-order valence-electron chi connectivity index (χ3n) is 4.55. The van der Waals surface area contributed by atoms with Gasteiger partial charge in [-0.2, -0.15) is 5.10 Å². The third kappa shape index (κ3) is 5.16. The molecule has 0 spiro atoms. The molecule has 1 aromatic heterocycles. The van der Waals surface area contributed by atoms with E-state index in [9.17, 15) is 4.79 Å². The van der Waals surface area contributed by atoms with Crippen molar-refractivity contribution in [1.82, 2.24) is 15.1 Å². The molecule has 2 aromatic carbocycles. The van der Waals surface area contributed by atoms with Gasteiger partial charge < -0.3 is 14.8 Å². The summed E-state index contributed by atoms with van der Waals surface area (Å²) < 4.78 is 12.8. The molecule has 3 aromatic rings. The highest BCUT2D eigenvalue weighted by atomic mass is 16.5. The number of amides is 1. The van der Waals surface area contributed by atoms with E-state index >= 15 is 0 Å². The number of para-hydroxylation sites is 1. The fourth-order valence-electron chi connectivity index (χ4n) is 3.05. The second kappa shape index (κ2) is 9.78. The van der Waals surface area contributed by atoms with Crippen LogP contribution in [0.1, 0.15) is 35.7 Å². The Morgan fingerprint density at radius 3 is 2.79 bits per heavy atom. The molecule has 152 valence electrons. The van der Waals surface area contributed by atoms with Gasteiger partial charge in [0.1, 0.15) is 17.2 Å². The third-order valence-corrected chi connectivity index (χ3v) is 4.55. The lowest BCUT2D eigenvalue weighted by Crippen LogP contribution is -2.23. The molecule has 0 atom stereocenters. The highest BCUT2D eigenvalue weighted by Gasteiger charge is 2.19. The summed E-state index contributed by atoms with van der Waals surface area (Å²) in [6, 6.07) is 15.3. The number of nitrogens with zero attached hydrogens (tertiary/aromatic N) is 2. The van der Waals surface area contributed by atoms with Crippen molar-refractivity contribution in [3.8, 4) is 22.8 Å². The van der Waals surface area contributed by atoms with Crippen LogP contribution in [-0.4, -0.2) is 29.4 Å². The topological polar surface area (TPSA) is 65.4 Å². The van der Waals surface area contributed by atoms with Crippen LogP contribution in [0.5, 0.6) is 11.5 Å². The molecule has 1 amide bonds. The summed E-state index contributed by atoms with van der Waals surface area (Å²) in [4.78, 5) is 12.9. The number of nitrogens with one attached hydrogen (secondary N) is 1. The molecule has 6 heteroatoms. The standard InChI is InChI=1S/C23H27N3O3/c1-4-5-13-29-18-10-8-9-17(14-18)15-24-23(27)20-16-26(2)25-22(20)19-11-6-7-12-21(19)28-3/h6-12,14,16H,4-5,13,15H2,1-3H3,(H,24,27). The maximum Gasteiger partial charge on any atom is 0.255 e. The number of ether oxygens (including phenoxy) is 2. The molecule has 0 unspecified atom stereocenters. The lowest BCUT2D eigenvalue weighted by Gasteiger charge is -2.10. The highest BCUT2D eigenvalue weighted by molar-refractivity contribution is 6.00. The first-order chi connectivity index (χ1) is 14.1. The van der Waals surface area contributed by atoms with Gasteiger partial charge in [0.2, 0.25) is 0 Å². The minimum absolute atomic E-state index is 0.184. The minimum Gasteiger partial charge on any atom is -0.496 e. The minimum atomic E-state index is -0.184. The molecule has 0 aliphatic rings. The number of carbonyl (C=O) groups is 1. The van der Waals surface area contributed by atoms with Gasteiger partial charge in [-0.05, 0) is 36.2 Å². The second-order valence-corrected chi connectivity index (χ2v) is 6.80. The van der Waals surface area contributed by atoms with Crippen molar-refractivity contribution in [2.45, 2.75) is 26.3 Å². The summed E-state index contributed by atoms with van der Waals surface area (Å²) in [7, 11) is 3.41. The Labute approximate surface area is 171 Å². The summed E-state index contributed by atoms with van der Waals surface area (Å²) >= 11 is 0. The van der Waals surface area contributed by atoms with E-state index in [2.05, 4.69) is 17.3 Å². The molecule has 1 N–H and O–H groups in total. The lowest BCUT2D eigenvalue weighted by molar-refractivity contribution is 0.0951. The number of methoxy groups -OCH3 is 1. The van der Waals surface area contributed by atoms with Gasteiger partial charge in [-0.25, -0.2) is 0 Å². The van der Waals surface area contributed by atoms with E-state index in [0.29, 0.717) is 30.2 Å². The molecule has 0 bridgehead atoms. The van der Waals surface area contributed by atoms with Crippen molar-refractivity contribution in [2.24, 2.45) is 7.05 Å². The number of hydrogen-bond acceptors (Lipinski definition) is 4. The Morgan fingerprint density at radius 1 is 1.17 bits per heavy atom. The van der Waals surface area contributed by atoms with E-state index in [1.165, 1.54) is 0 Å². The van der Waals surface area contributed by atoms with E-state index in [1.54, 1.807) is 25.0 Å². The fraction of sp³-hybridized carbons (Fsp3) is 0.304. The molecule has 0 aliphatic carbocycles. The van der Waals surface area contributed by atoms with Gasteiger partial charge in [0.25, 0.3) is 5.91 Å². The van der Waals surface area contributed by atoms with Gasteiger partial charge >= 0.3 is 0 Å². The average molecular weight is 393 g/mol. The van der Waals surface area contributed by atoms with Crippen molar-refractivity contribution < 1.29 is 14.3 Å². The van der Waals surface area contributed by atoms with Gasteiger partial charge in [-0.15, -0.1) is 0 Å². The number of aromatic nitrogens is 2. The molecule has 0 fully saturated rings. The van der Waals surface area contributed by atoms with E-state index in [0.717, 1.165) is 29.7 Å². The average Bonchev–Trinajstić information content (AvgIpc) is 3.14.